The number of hydrogen-bond donors (Lipinski definition) is 1. The van der Waals surface area contributed by atoms with Crippen molar-refractivity contribution in [2.45, 2.75) is 25.6 Å². The molecule has 0 saturated heterocycles. The highest BCUT2D eigenvalue weighted by atomic mass is 35.5. The summed E-state index contributed by atoms with van der Waals surface area (Å²) >= 11 is 7.93. The lowest BCUT2D eigenvalue weighted by Gasteiger charge is -2.32. The van der Waals surface area contributed by atoms with Crippen LogP contribution in [0, 0.1) is 0 Å². The Balaban J connectivity index is 1.48. The summed E-state index contributed by atoms with van der Waals surface area (Å²) in [7, 11) is 3.83. The van der Waals surface area contributed by atoms with Crippen molar-refractivity contribution in [3.63, 3.8) is 0 Å². The first-order chi connectivity index (χ1) is 17.5. The number of nitrogens with one attached hydrogen (secondary N) is 1. The summed E-state index contributed by atoms with van der Waals surface area (Å²) < 4.78 is 7.68. The summed E-state index contributed by atoms with van der Waals surface area (Å²) in [6.07, 6.45) is 3.12. The van der Waals surface area contributed by atoms with Crippen molar-refractivity contribution in [1.29, 1.82) is 0 Å². The van der Waals surface area contributed by atoms with Gasteiger partial charge in [-0.3, -0.25) is 0 Å². The van der Waals surface area contributed by atoms with Crippen molar-refractivity contribution in [3.8, 4) is 10.8 Å². The second-order valence-corrected chi connectivity index (χ2v) is 10.8. The normalized spacial score (nSPS) is 17.1. The van der Waals surface area contributed by atoms with Gasteiger partial charge in [0.05, 0.1) is 25.4 Å². The van der Waals surface area contributed by atoms with E-state index in [1.165, 1.54) is 21.0 Å². The van der Waals surface area contributed by atoms with Crippen LogP contribution in [-0.4, -0.2) is 41.1 Å². The molecule has 1 atom stereocenters. The lowest BCUT2D eigenvalue weighted by molar-refractivity contribution is 0.194. The summed E-state index contributed by atoms with van der Waals surface area (Å²) in [5, 5.41) is 4.97. The first-order valence-electron chi connectivity index (χ1n) is 12.0. The molecule has 0 saturated carbocycles. The molecule has 0 spiro atoms. The molecule has 6 rings (SSSR count). The number of ether oxygens (including phenoxy) is 1. The third kappa shape index (κ3) is 4.07. The SMILES string of the molecule is COc1ccc([C@@H]2c3cccn3-c3sc4c(c3CN2C(=O)Nc2ccc(Cl)cc2)CCN(C)C4)cc1. The smallest absolute Gasteiger partial charge is 0.322 e. The van der Waals surface area contributed by atoms with Gasteiger partial charge in [0.2, 0.25) is 0 Å². The van der Waals surface area contributed by atoms with E-state index in [0.717, 1.165) is 36.5 Å². The molecule has 6 nitrogen and oxygen atoms in total. The number of halogens is 1. The van der Waals surface area contributed by atoms with E-state index in [-0.39, 0.29) is 12.1 Å². The van der Waals surface area contributed by atoms with Crippen molar-refractivity contribution >= 4 is 34.7 Å². The lowest BCUT2D eigenvalue weighted by Crippen LogP contribution is -2.38. The van der Waals surface area contributed by atoms with Crippen LogP contribution in [-0.2, 0) is 19.5 Å². The van der Waals surface area contributed by atoms with Gasteiger partial charge < -0.3 is 24.4 Å². The Hall–Kier alpha value is -3.26. The minimum Gasteiger partial charge on any atom is -0.497 e. The van der Waals surface area contributed by atoms with E-state index in [4.69, 9.17) is 16.3 Å². The van der Waals surface area contributed by atoms with Gasteiger partial charge in [0.1, 0.15) is 10.8 Å². The second-order valence-electron chi connectivity index (χ2n) is 9.32. The summed E-state index contributed by atoms with van der Waals surface area (Å²) in [5.41, 5.74) is 5.46. The number of anilines is 1. The maximum Gasteiger partial charge on any atom is 0.322 e. The van der Waals surface area contributed by atoms with E-state index >= 15 is 0 Å². The molecule has 0 unspecified atom stereocenters. The van der Waals surface area contributed by atoms with Crippen molar-refractivity contribution in [1.82, 2.24) is 14.4 Å². The summed E-state index contributed by atoms with van der Waals surface area (Å²) in [5.74, 6) is 0.789. The van der Waals surface area contributed by atoms with Crippen LogP contribution in [0.15, 0.2) is 66.9 Å². The molecule has 1 N–H and O–H groups in total. The summed E-state index contributed by atoms with van der Waals surface area (Å²) in [4.78, 5) is 19.7. The number of carbonyl (C=O) groups excluding carboxylic acids is 1. The number of benzene rings is 2. The van der Waals surface area contributed by atoms with Crippen LogP contribution in [0.5, 0.6) is 5.75 Å². The molecule has 8 heteroatoms. The van der Waals surface area contributed by atoms with Gasteiger partial charge in [0.25, 0.3) is 0 Å². The van der Waals surface area contributed by atoms with Crippen molar-refractivity contribution in [2.75, 3.05) is 26.0 Å². The molecule has 2 aliphatic rings. The molecular weight excluding hydrogens is 492 g/mol. The largest absolute Gasteiger partial charge is 0.497 e. The molecule has 4 heterocycles. The number of methoxy groups -OCH3 is 1. The number of nitrogens with zero attached hydrogens (tertiary/aromatic N) is 3. The summed E-state index contributed by atoms with van der Waals surface area (Å²) in [6, 6.07) is 19.0. The van der Waals surface area contributed by atoms with Gasteiger partial charge in [-0.2, -0.15) is 0 Å². The van der Waals surface area contributed by atoms with E-state index in [2.05, 4.69) is 40.2 Å². The molecule has 2 aromatic carbocycles. The maximum atomic E-state index is 13.9. The third-order valence-electron chi connectivity index (χ3n) is 7.04. The number of thiophene rings is 1. The Labute approximate surface area is 219 Å². The summed E-state index contributed by atoms with van der Waals surface area (Å²) in [6.45, 7) is 2.50. The van der Waals surface area contributed by atoms with Gasteiger partial charge in [-0.15, -0.1) is 11.3 Å². The zero-order chi connectivity index (χ0) is 24.8. The van der Waals surface area contributed by atoms with Gasteiger partial charge in [0.15, 0.2) is 0 Å². The highest BCUT2D eigenvalue weighted by molar-refractivity contribution is 7.15. The standard InChI is InChI=1S/C28H27ClN4O2S/c1-31-15-13-22-23-16-33(28(34)30-20-9-7-19(29)8-10-20)26(18-5-11-21(35-2)12-6-18)24-4-3-14-32(24)27(23)36-25(22)17-31/h3-12,14,26H,13,15-17H2,1-2H3,(H,30,34)/t26-/m1/s1. The van der Waals surface area contributed by atoms with Crippen LogP contribution in [0.3, 0.4) is 0 Å². The van der Waals surface area contributed by atoms with Crippen LogP contribution >= 0.6 is 22.9 Å². The number of amides is 2. The predicted molar refractivity (Wildman–Crippen MR) is 145 cm³/mol. The van der Waals surface area contributed by atoms with Crippen LogP contribution in [0.1, 0.15) is 33.3 Å². The maximum absolute atomic E-state index is 13.9. The van der Waals surface area contributed by atoms with Crippen LogP contribution in [0.4, 0.5) is 10.5 Å². The average molecular weight is 519 g/mol. The molecule has 2 aliphatic heterocycles. The molecule has 36 heavy (non-hydrogen) atoms. The average Bonchev–Trinajstić information content (AvgIpc) is 3.47. The Kier molecular flexibility index (Phi) is 5.99. The fraction of sp³-hybridized carbons (Fsp3) is 0.250. The zero-order valence-corrected chi connectivity index (χ0v) is 21.8. The number of likely N-dealkylation sites (N-methyl/N-ethyl adjacent to an activating group) is 1. The van der Waals surface area contributed by atoms with E-state index in [1.807, 2.05) is 52.6 Å². The first-order valence-corrected chi connectivity index (χ1v) is 13.2. The molecule has 0 bridgehead atoms. The van der Waals surface area contributed by atoms with Crippen molar-refractivity contribution in [2.24, 2.45) is 0 Å². The van der Waals surface area contributed by atoms with Crippen molar-refractivity contribution in [3.05, 3.63) is 99.1 Å². The highest BCUT2D eigenvalue weighted by Gasteiger charge is 2.36. The minimum atomic E-state index is -0.264. The molecular formula is C28H27ClN4O2S. The number of carbonyl (C=O) groups is 1. The second kappa shape index (κ2) is 9.32. The predicted octanol–water partition coefficient (Wildman–Crippen LogP) is 6.33. The molecule has 0 fully saturated rings. The minimum absolute atomic E-state index is 0.147. The van der Waals surface area contributed by atoms with Gasteiger partial charge in [-0.25, -0.2) is 4.79 Å². The monoisotopic (exact) mass is 518 g/mol. The fourth-order valence-corrected chi connectivity index (χ4v) is 6.79. The Morgan fingerprint density at radius 3 is 2.58 bits per heavy atom. The Morgan fingerprint density at radius 2 is 1.83 bits per heavy atom. The van der Waals surface area contributed by atoms with E-state index in [0.29, 0.717) is 17.3 Å². The fourth-order valence-electron chi connectivity index (χ4n) is 5.22. The lowest BCUT2D eigenvalue weighted by atomic mass is 10.00. The van der Waals surface area contributed by atoms with Crippen LogP contribution in [0.25, 0.3) is 5.00 Å². The quantitative estimate of drug-likeness (QED) is 0.345. The molecule has 4 aromatic rings. The highest BCUT2D eigenvalue weighted by Crippen LogP contribution is 2.43. The van der Waals surface area contributed by atoms with E-state index < -0.39 is 0 Å². The molecule has 2 amide bonds. The van der Waals surface area contributed by atoms with E-state index in [9.17, 15) is 4.79 Å². The number of hydrogen-bond acceptors (Lipinski definition) is 4. The zero-order valence-electron chi connectivity index (χ0n) is 20.2. The molecule has 0 radical (unpaired) electrons. The van der Waals surface area contributed by atoms with Gasteiger partial charge >= 0.3 is 6.03 Å². The van der Waals surface area contributed by atoms with Gasteiger partial charge in [0, 0.05) is 40.4 Å². The molecule has 184 valence electrons. The van der Waals surface area contributed by atoms with Crippen LogP contribution < -0.4 is 10.1 Å². The van der Waals surface area contributed by atoms with Gasteiger partial charge in [-0.1, -0.05) is 23.7 Å². The molecule has 0 aliphatic carbocycles. The molecule has 2 aromatic heterocycles. The number of rotatable bonds is 3. The third-order valence-corrected chi connectivity index (χ3v) is 8.55. The number of aromatic nitrogens is 1. The van der Waals surface area contributed by atoms with Crippen molar-refractivity contribution < 1.29 is 9.53 Å². The first kappa shape index (κ1) is 23.2. The number of fused-ring (bicyclic) bond motifs is 5. The topological polar surface area (TPSA) is 49.7 Å². The number of urea groups is 1. The van der Waals surface area contributed by atoms with Crippen LogP contribution in [0.2, 0.25) is 5.02 Å². The van der Waals surface area contributed by atoms with E-state index in [1.54, 1.807) is 19.2 Å². The Bertz CT molecular complexity index is 1410. The van der Waals surface area contributed by atoms with Gasteiger partial charge in [-0.05, 0) is 73.1 Å². The Morgan fingerprint density at radius 1 is 1.06 bits per heavy atom.